The van der Waals surface area contributed by atoms with E-state index in [0.29, 0.717) is 25.6 Å². The minimum absolute atomic E-state index is 0. The van der Waals surface area contributed by atoms with Crippen molar-refractivity contribution in [3.8, 4) is 0 Å². The van der Waals surface area contributed by atoms with E-state index in [1.807, 2.05) is 34.6 Å². The van der Waals surface area contributed by atoms with E-state index < -0.39 is 5.60 Å². The highest BCUT2D eigenvalue weighted by Crippen LogP contribution is 2.16. The zero-order valence-corrected chi connectivity index (χ0v) is 19.2. The van der Waals surface area contributed by atoms with Crippen LogP contribution in [0.25, 0.3) is 0 Å². The van der Waals surface area contributed by atoms with Gasteiger partial charge in [-0.05, 0) is 34.6 Å². The first-order valence-electron chi connectivity index (χ1n) is 7.94. The van der Waals surface area contributed by atoms with E-state index in [-0.39, 0.29) is 30.1 Å². The van der Waals surface area contributed by atoms with Crippen LogP contribution >= 0.6 is 35.3 Å². The number of halogens is 1. The van der Waals surface area contributed by atoms with Gasteiger partial charge < -0.3 is 20.3 Å². The number of aliphatic imine (C=N–C) groups is 1. The van der Waals surface area contributed by atoms with Gasteiger partial charge in [0, 0.05) is 32.1 Å². The average molecular weight is 483 g/mol. The molecule has 7 nitrogen and oxygen atoms in total. The number of ether oxygens (including phenoxy) is 1. The predicted octanol–water partition coefficient (Wildman–Crippen LogP) is 2.91. The summed E-state index contributed by atoms with van der Waals surface area (Å²) in [5, 5.41) is 7.51. The number of guanidine groups is 1. The van der Waals surface area contributed by atoms with E-state index in [1.165, 1.54) is 4.88 Å². The molecule has 1 aromatic heterocycles. The van der Waals surface area contributed by atoms with E-state index in [2.05, 4.69) is 20.6 Å². The first-order valence-corrected chi connectivity index (χ1v) is 8.75. The van der Waals surface area contributed by atoms with Gasteiger partial charge in [-0.15, -0.1) is 35.3 Å². The van der Waals surface area contributed by atoms with Crippen molar-refractivity contribution >= 4 is 47.4 Å². The maximum absolute atomic E-state index is 11.9. The SMILES string of the molecule is CN=C(NCCN(C)C(=O)OC(C)(C)C)NCc1sc(C)nc1C.I. The van der Waals surface area contributed by atoms with Gasteiger partial charge in [-0.2, -0.15) is 0 Å². The van der Waals surface area contributed by atoms with Crippen LogP contribution in [-0.4, -0.2) is 54.7 Å². The Hall–Kier alpha value is -1.10. The van der Waals surface area contributed by atoms with E-state index in [4.69, 9.17) is 4.74 Å². The summed E-state index contributed by atoms with van der Waals surface area (Å²) in [6, 6.07) is 0. The molecule has 0 bridgehead atoms. The van der Waals surface area contributed by atoms with E-state index in [0.717, 1.165) is 10.7 Å². The van der Waals surface area contributed by atoms with Gasteiger partial charge in [-0.1, -0.05) is 0 Å². The number of aryl methyl sites for hydroxylation is 2. The Labute approximate surface area is 171 Å². The van der Waals surface area contributed by atoms with Crippen molar-refractivity contribution in [1.82, 2.24) is 20.5 Å². The van der Waals surface area contributed by atoms with Crippen molar-refractivity contribution in [1.29, 1.82) is 0 Å². The average Bonchev–Trinajstić information content (AvgIpc) is 2.78. The number of carbonyl (C=O) groups is 1. The van der Waals surface area contributed by atoms with Crippen molar-refractivity contribution < 1.29 is 9.53 Å². The molecule has 0 aliphatic carbocycles. The molecule has 1 amide bonds. The van der Waals surface area contributed by atoms with Crippen molar-refractivity contribution in [2.75, 3.05) is 27.2 Å². The molecule has 0 unspecified atom stereocenters. The van der Waals surface area contributed by atoms with Crippen LogP contribution in [0.3, 0.4) is 0 Å². The summed E-state index contributed by atoms with van der Waals surface area (Å²) in [6.07, 6.45) is -0.331. The fraction of sp³-hybridized carbons (Fsp3) is 0.688. The molecule has 1 rings (SSSR count). The summed E-state index contributed by atoms with van der Waals surface area (Å²) in [6.45, 7) is 11.3. The largest absolute Gasteiger partial charge is 0.444 e. The topological polar surface area (TPSA) is 78.9 Å². The monoisotopic (exact) mass is 483 g/mol. The number of nitrogens with one attached hydrogen (secondary N) is 2. The lowest BCUT2D eigenvalue weighted by Gasteiger charge is -2.24. The van der Waals surface area contributed by atoms with E-state index in [1.54, 1.807) is 30.3 Å². The maximum atomic E-state index is 11.9. The Morgan fingerprint density at radius 1 is 1.32 bits per heavy atom. The summed E-state index contributed by atoms with van der Waals surface area (Å²) in [4.78, 5) is 23.2. The second kappa shape index (κ2) is 10.8. The standard InChI is InChI=1S/C16H29N5O2S.HI/c1-11-13(24-12(2)20-11)10-19-14(17-6)18-8-9-21(7)15(22)23-16(3,4)5;/h8-10H2,1-7H3,(H2,17,18,19);1H. The number of likely N-dealkylation sites (N-methyl/N-ethyl adjacent to an activating group) is 1. The Morgan fingerprint density at radius 3 is 2.44 bits per heavy atom. The van der Waals surface area contributed by atoms with Crippen LogP contribution in [0.5, 0.6) is 0 Å². The number of hydrogen-bond acceptors (Lipinski definition) is 5. The van der Waals surface area contributed by atoms with Crippen molar-refractivity contribution in [2.24, 2.45) is 4.99 Å². The third-order valence-electron chi connectivity index (χ3n) is 3.08. The lowest BCUT2D eigenvalue weighted by atomic mass is 10.2. The third-order valence-corrected chi connectivity index (χ3v) is 4.16. The first kappa shape index (κ1) is 23.9. The molecule has 144 valence electrons. The highest BCUT2D eigenvalue weighted by Gasteiger charge is 2.19. The number of aromatic nitrogens is 1. The van der Waals surface area contributed by atoms with E-state index >= 15 is 0 Å². The molecule has 1 heterocycles. The molecule has 0 radical (unpaired) electrons. The number of amides is 1. The van der Waals surface area contributed by atoms with Crippen LogP contribution in [0.4, 0.5) is 4.79 Å². The normalized spacial score (nSPS) is 11.6. The number of carbonyl (C=O) groups excluding carboxylic acids is 1. The summed E-state index contributed by atoms with van der Waals surface area (Å²) >= 11 is 1.68. The van der Waals surface area contributed by atoms with Crippen LogP contribution in [0.2, 0.25) is 0 Å². The summed E-state index contributed by atoms with van der Waals surface area (Å²) in [5.41, 5.74) is 0.561. The number of thiazole rings is 1. The van der Waals surface area contributed by atoms with Crippen molar-refractivity contribution in [3.63, 3.8) is 0 Å². The van der Waals surface area contributed by atoms with Crippen LogP contribution < -0.4 is 10.6 Å². The molecule has 9 heteroatoms. The zero-order chi connectivity index (χ0) is 18.3. The molecule has 0 spiro atoms. The molecule has 0 saturated heterocycles. The summed E-state index contributed by atoms with van der Waals surface area (Å²) in [7, 11) is 3.44. The summed E-state index contributed by atoms with van der Waals surface area (Å²) < 4.78 is 5.31. The molecule has 0 atom stereocenters. The van der Waals surface area contributed by atoms with E-state index in [9.17, 15) is 4.79 Å². The second-order valence-electron chi connectivity index (χ2n) is 6.50. The maximum Gasteiger partial charge on any atom is 0.410 e. The van der Waals surface area contributed by atoms with Gasteiger partial charge in [0.15, 0.2) is 5.96 Å². The van der Waals surface area contributed by atoms with Crippen LogP contribution in [0, 0.1) is 13.8 Å². The van der Waals surface area contributed by atoms with Gasteiger partial charge in [-0.25, -0.2) is 9.78 Å². The van der Waals surface area contributed by atoms with Gasteiger partial charge in [-0.3, -0.25) is 4.99 Å². The Morgan fingerprint density at radius 2 is 1.96 bits per heavy atom. The summed E-state index contributed by atoms with van der Waals surface area (Å²) in [5.74, 6) is 0.693. The predicted molar refractivity (Wildman–Crippen MR) is 114 cm³/mol. The fourth-order valence-corrected chi connectivity index (χ4v) is 2.77. The quantitative estimate of drug-likeness (QED) is 0.383. The highest BCUT2D eigenvalue weighted by molar-refractivity contribution is 14.0. The molecule has 0 aliphatic heterocycles. The number of rotatable bonds is 5. The van der Waals surface area contributed by atoms with Crippen LogP contribution in [0.15, 0.2) is 4.99 Å². The van der Waals surface area contributed by atoms with Crippen LogP contribution in [-0.2, 0) is 11.3 Å². The Bertz CT molecular complexity index is 584. The number of hydrogen-bond donors (Lipinski definition) is 2. The molecular formula is C16H30IN5O2S. The molecule has 0 aliphatic rings. The fourth-order valence-electron chi connectivity index (χ4n) is 1.90. The minimum atomic E-state index is -0.485. The van der Waals surface area contributed by atoms with Gasteiger partial charge in [0.2, 0.25) is 0 Å². The van der Waals surface area contributed by atoms with Crippen molar-refractivity contribution in [2.45, 2.75) is 46.8 Å². The molecule has 1 aromatic rings. The zero-order valence-electron chi connectivity index (χ0n) is 16.1. The van der Waals surface area contributed by atoms with Gasteiger partial charge in [0.25, 0.3) is 0 Å². The number of nitrogens with zero attached hydrogens (tertiary/aromatic N) is 3. The lowest BCUT2D eigenvalue weighted by Crippen LogP contribution is -2.42. The van der Waals surface area contributed by atoms with Crippen molar-refractivity contribution in [3.05, 3.63) is 15.6 Å². The molecule has 0 aromatic carbocycles. The van der Waals surface area contributed by atoms with Crippen LogP contribution in [0.1, 0.15) is 36.3 Å². The third kappa shape index (κ3) is 9.24. The molecule has 25 heavy (non-hydrogen) atoms. The minimum Gasteiger partial charge on any atom is -0.444 e. The van der Waals surface area contributed by atoms with Gasteiger partial charge in [0.1, 0.15) is 5.60 Å². The lowest BCUT2D eigenvalue weighted by molar-refractivity contribution is 0.0302. The first-order chi connectivity index (χ1) is 11.1. The molecular weight excluding hydrogens is 453 g/mol. The molecule has 0 fully saturated rings. The molecule has 0 saturated carbocycles. The Balaban J connectivity index is 0.00000576. The highest BCUT2D eigenvalue weighted by atomic mass is 127. The Kier molecular flexibility index (Phi) is 10.3. The molecule has 2 N–H and O–H groups in total. The van der Waals surface area contributed by atoms with Gasteiger partial charge in [0.05, 0.1) is 17.2 Å². The smallest absolute Gasteiger partial charge is 0.410 e. The second-order valence-corrected chi connectivity index (χ2v) is 7.78. The van der Waals surface area contributed by atoms with Gasteiger partial charge >= 0.3 is 6.09 Å².